The molecule has 0 aliphatic carbocycles. The van der Waals surface area contributed by atoms with Crippen LogP contribution in [0.5, 0.6) is 0 Å². The number of aliphatic carboxylic acids is 1. The van der Waals surface area contributed by atoms with Crippen LogP contribution in [0.25, 0.3) is 0 Å². The Morgan fingerprint density at radius 3 is 2.55 bits per heavy atom. The van der Waals surface area contributed by atoms with E-state index < -0.39 is 21.4 Å². The summed E-state index contributed by atoms with van der Waals surface area (Å²) in [6.07, 6.45) is 0.720. The smallest absolute Gasteiger partial charge is 0.311 e. The fourth-order valence-electron chi connectivity index (χ4n) is 2.63. The van der Waals surface area contributed by atoms with Crippen LogP contribution in [0.1, 0.15) is 31.2 Å². The van der Waals surface area contributed by atoms with Crippen molar-refractivity contribution in [3.63, 3.8) is 0 Å². The van der Waals surface area contributed by atoms with Gasteiger partial charge in [-0.05, 0) is 26.7 Å². The van der Waals surface area contributed by atoms with Gasteiger partial charge in [0.25, 0.3) is 0 Å². The summed E-state index contributed by atoms with van der Waals surface area (Å²) in [5, 5.41) is 13.0. The number of carbonyl (C=O) groups is 1. The van der Waals surface area contributed by atoms with Gasteiger partial charge in [0.05, 0.1) is 5.41 Å². The zero-order valence-electron chi connectivity index (χ0n) is 11.7. The fourth-order valence-corrected chi connectivity index (χ4v) is 4.44. The molecule has 0 radical (unpaired) electrons. The Morgan fingerprint density at radius 2 is 2.15 bits per heavy atom. The van der Waals surface area contributed by atoms with Crippen molar-refractivity contribution in [3.8, 4) is 0 Å². The minimum atomic E-state index is -3.76. The minimum absolute atomic E-state index is 0.00870. The molecule has 1 N–H and O–H groups in total. The molecule has 1 aromatic rings. The Hall–Kier alpha value is -1.41. The number of rotatable bonds is 4. The molecular weight excluding hydrogens is 284 g/mol. The first-order valence-electron chi connectivity index (χ1n) is 6.41. The third kappa shape index (κ3) is 2.12. The van der Waals surface area contributed by atoms with Crippen molar-refractivity contribution in [1.82, 2.24) is 9.46 Å². The lowest BCUT2D eigenvalue weighted by Gasteiger charge is -2.22. The van der Waals surface area contributed by atoms with E-state index in [0.29, 0.717) is 18.5 Å². The first kappa shape index (κ1) is 15.0. The van der Waals surface area contributed by atoms with Gasteiger partial charge in [-0.25, -0.2) is 8.42 Å². The highest BCUT2D eigenvalue weighted by atomic mass is 32.2. The first-order chi connectivity index (χ1) is 9.24. The summed E-state index contributed by atoms with van der Waals surface area (Å²) < 4.78 is 31.3. The molecule has 0 spiro atoms. The molecule has 1 fully saturated rings. The Balaban J connectivity index is 2.37. The first-order valence-corrected chi connectivity index (χ1v) is 7.85. The Bertz CT molecular complexity index is 617. The highest BCUT2D eigenvalue weighted by Crippen LogP contribution is 2.37. The predicted octanol–water partition coefficient (Wildman–Crippen LogP) is 1.17. The van der Waals surface area contributed by atoms with Gasteiger partial charge in [-0.3, -0.25) is 4.79 Å². The number of hydrogen-bond donors (Lipinski definition) is 1. The average Bonchev–Trinajstić information content (AvgIpc) is 2.95. The molecule has 1 atom stereocenters. The third-order valence-corrected chi connectivity index (χ3v) is 6.11. The van der Waals surface area contributed by atoms with Crippen molar-refractivity contribution in [2.45, 2.75) is 38.5 Å². The van der Waals surface area contributed by atoms with Crippen molar-refractivity contribution >= 4 is 16.0 Å². The molecule has 1 unspecified atom stereocenters. The van der Waals surface area contributed by atoms with Gasteiger partial charge in [0.1, 0.15) is 10.6 Å². The van der Waals surface area contributed by atoms with Crippen LogP contribution < -0.4 is 0 Å². The summed E-state index contributed by atoms with van der Waals surface area (Å²) >= 11 is 0. The third-order valence-electron chi connectivity index (χ3n) is 4.01. The van der Waals surface area contributed by atoms with Crippen molar-refractivity contribution in [3.05, 3.63) is 11.5 Å². The largest absolute Gasteiger partial charge is 0.481 e. The van der Waals surface area contributed by atoms with Crippen molar-refractivity contribution in [2.75, 3.05) is 13.1 Å². The molecule has 1 aromatic heterocycles. The SMILES string of the molecule is CCC1(C(=O)O)CCN(S(=O)(=O)c2c(C)noc2C)C1. The lowest BCUT2D eigenvalue weighted by Crippen LogP contribution is -2.36. The highest BCUT2D eigenvalue weighted by Gasteiger charge is 2.48. The molecule has 2 rings (SSSR count). The fraction of sp³-hybridized carbons (Fsp3) is 0.667. The molecule has 20 heavy (non-hydrogen) atoms. The second kappa shape index (κ2) is 4.85. The summed E-state index contributed by atoms with van der Waals surface area (Å²) in [6.45, 7) is 5.05. The van der Waals surface area contributed by atoms with Gasteiger partial charge in [0.2, 0.25) is 10.0 Å². The van der Waals surface area contributed by atoms with Gasteiger partial charge in [0.15, 0.2) is 5.76 Å². The maximum Gasteiger partial charge on any atom is 0.311 e. The van der Waals surface area contributed by atoms with E-state index in [1.54, 1.807) is 13.8 Å². The van der Waals surface area contributed by atoms with E-state index in [2.05, 4.69) is 5.16 Å². The lowest BCUT2D eigenvalue weighted by molar-refractivity contribution is -0.148. The zero-order chi connectivity index (χ0) is 15.1. The number of hydrogen-bond acceptors (Lipinski definition) is 5. The molecule has 8 heteroatoms. The summed E-state index contributed by atoms with van der Waals surface area (Å²) in [6, 6.07) is 0. The van der Waals surface area contributed by atoms with Crippen LogP contribution in [0.3, 0.4) is 0 Å². The van der Waals surface area contributed by atoms with Crippen LogP contribution in [-0.4, -0.2) is 42.0 Å². The number of aromatic nitrogens is 1. The molecule has 2 heterocycles. The number of carboxylic acids is 1. The quantitative estimate of drug-likeness (QED) is 0.896. The van der Waals surface area contributed by atoms with Gasteiger partial charge >= 0.3 is 5.97 Å². The lowest BCUT2D eigenvalue weighted by atomic mass is 9.85. The molecule has 0 saturated carbocycles. The second-order valence-corrected chi connectivity index (χ2v) is 7.06. The van der Waals surface area contributed by atoms with E-state index in [9.17, 15) is 18.3 Å². The van der Waals surface area contributed by atoms with E-state index in [1.807, 2.05) is 0 Å². The number of carboxylic acid groups (broad SMARTS) is 1. The van der Waals surface area contributed by atoms with E-state index in [-0.39, 0.29) is 23.7 Å². The molecular formula is C12H18N2O5S. The Labute approximate surface area is 117 Å². The highest BCUT2D eigenvalue weighted by molar-refractivity contribution is 7.89. The summed E-state index contributed by atoms with van der Waals surface area (Å²) in [4.78, 5) is 11.4. The van der Waals surface area contributed by atoms with Gasteiger partial charge in [-0.2, -0.15) is 4.31 Å². The molecule has 0 bridgehead atoms. The monoisotopic (exact) mass is 302 g/mol. The van der Waals surface area contributed by atoms with Crippen LogP contribution in [0.15, 0.2) is 9.42 Å². The normalized spacial score (nSPS) is 24.1. The molecule has 0 aromatic carbocycles. The maximum atomic E-state index is 12.6. The van der Waals surface area contributed by atoms with Crippen LogP contribution in [0.4, 0.5) is 0 Å². The van der Waals surface area contributed by atoms with Crippen molar-refractivity contribution < 1.29 is 22.8 Å². The predicted molar refractivity (Wildman–Crippen MR) is 69.7 cm³/mol. The Morgan fingerprint density at radius 1 is 1.50 bits per heavy atom. The number of sulfonamides is 1. The van der Waals surface area contributed by atoms with Crippen LogP contribution in [-0.2, 0) is 14.8 Å². The maximum absolute atomic E-state index is 12.6. The minimum Gasteiger partial charge on any atom is -0.481 e. The van der Waals surface area contributed by atoms with E-state index in [1.165, 1.54) is 11.2 Å². The molecule has 1 saturated heterocycles. The second-order valence-electron chi connectivity index (χ2n) is 5.18. The van der Waals surface area contributed by atoms with Crippen molar-refractivity contribution in [1.29, 1.82) is 0 Å². The van der Waals surface area contributed by atoms with Crippen LogP contribution >= 0.6 is 0 Å². The van der Waals surface area contributed by atoms with Crippen molar-refractivity contribution in [2.24, 2.45) is 5.41 Å². The van der Waals surface area contributed by atoms with Gasteiger partial charge in [-0.1, -0.05) is 12.1 Å². The van der Waals surface area contributed by atoms with E-state index >= 15 is 0 Å². The number of aryl methyl sites for hydroxylation is 2. The van der Waals surface area contributed by atoms with Gasteiger partial charge in [-0.15, -0.1) is 0 Å². The van der Waals surface area contributed by atoms with Gasteiger partial charge in [0, 0.05) is 13.1 Å². The standard InChI is InChI=1S/C12H18N2O5S/c1-4-12(11(15)16)5-6-14(7-12)20(17,18)10-8(2)13-19-9(10)3/h4-7H2,1-3H3,(H,15,16). The van der Waals surface area contributed by atoms with Gasteiger partial charge < -0.3 is 9.63 Å². The molecule has 1 aliphatic heterocycles. The summed E-state index contributed by atoms with van der Waals surface area (Å²) in [5.74, 6) is -0.719. The summed E-state index contributed by atoms with van der Waals surface area (Å²) in [7, 11) is -3.76. The molecule has 0 amide bonds. The average molecular weight is 302 g/mol. The Kier molecular flexibility index (Phi) is 3.64. The summed E-state index contributed by atoms with van der Waals surface area (Å²) in [5.41, 5.74) is -0.696. The van der Waals surface area contributed by atoms with E-state index in [0.717, 1.165) is 0 Å². The van der Waals surface area contributed by atoms with Crippen LogP contribution in [0.2, 0.25) is 0 Å². The molecule has 7 nitrogen and oxygen atoms in total. The topological polar surface area (TPSA) is 101 Å². The molecule has 1 aliphatic rings. The number of nitrogens with zero attached hydrogens (tertiary/aromatic N) is 2. The van der Waals surface area contributed by atoms with Crippen LogP contribution in [0, 0.1) is 19.3 Å². The van der Waals surface area contributed by atoms with E-state index in [4.69, 9.17) is 4.52 Å². The zero-order valence-corrected chi connectivity index (χ0v) is 12.5. The molecule has 112 valence electrons.